The van der Waals surface area contributed by atoms with Crippen molar-refractivity contribution in [3.63, 3.8) is 0 Å². The number of aliphatic hydroxyl groups is 1. The molecule has 1 fully saturated rings. The van der Waals surface area contributed by atoms with Crippen LogP contribution in [0, 0.1) is 5.92 Å². The Kier molecular flexibility index (Phi) is 4.45. The number of hydrogen-bond donors (Lipinski definition) is 2. The summed E-state index contributed by atoms with van der Waals surface area (Å²) in [6.45, 7) is 0.549. The lowest BCUT2D eigenvalue weighted by atomic mass is 10.1. The Hall–Kier alpha value is -1.85. The highest BCUT2D eigenvalue weighted by molar-refractivity contribution is 6.30. The molecule has 0 spiro atoms. The van der Waals surface area contributed by atoms with E-state index < -0.39 is 6.10 Å². The van der Waals surface area contributed by atoms with Gasteiger partial charge < -0.3 is 10.4 Å². The molecule has 2 aromatic rings. The topological polar surface area (TPSA) is 67.2 Å². The number of aromatic nitrogens is 2. The lowest BCUT2D eigenvalue weighted by molar-refractivity contribution is -0.122. The second kappa shape index (κ2) is 6.50. The number of anilines is 1. The largest absolute Gasteiger partial charge is 0.392 e. The standard InChI is InChI=1S/C16H18ClN3O2/c17-12-6-4-11(5-7-12)10-20-15(8-9-18-20)19-16(22)13-2-1-3-14(13)21/h4-9,13-14,21H,1-3,10H2,(H,19,22). The molecule has 1 amide bonds. The molecular formula is C16H18ClN3O2. The fourth-order valence-corrected chi connectivity index (χ4v) is 2.92. The summed E-state index contributed by atoms with van der Waals surface area (Å²) in [5, 5.41) is 17.6. The van der Waals surface area contributed by atoms with Gasteiger partial charge in [0.2, 0.25) is 5.91 Å². The third kappa shape index (κ3) is 3.31. The Morgan fingerprint density at radius 2 is 2.09 bits per heavy atom. The molecule has 2 unspecified atom stereocenters. The van der Waals surface area contributed by atoms with Crippen molar-refractivity contribution < 1.29 is 9.90 Å². The van der Waals surface area contributed by atoms with Crippen LogP contribution < -0.4 is 5.32 Å². The number of nitrogens with zero attached hydrogens (tertiary/aromatic N) is 2. The van der Waals surface area contributed by atoms with Crippen LogP contribution in [0.1, 0.15) is 24.8 Å². The number of benzene rings is 1. The van der Waals surface area contributed by atoms with Crippen molar-refractivity contribution in [2.75, 3.05) is 5.32 Å². The summed E-state index contributed by atoms with van der Waals surface area (Å²) in [6.07, 6.45) is 3.44. The van der Waals surface area contributed by atoms with Crippen molar-refractivity contribution in [2.45, 2.75) is 31.9 Å². The van der Waals surface area contributed by atoms with Crippen LogP contribution in [0.2, 0.25) is 5.02 Å². The predicted molar refractivity (Wildman–Crippen MR) is 84.8 cm³/mol. The van der Waals surface area contributed by atoms with Crippen LogP contribution in [-0.2, 0) is 11.3 Å². The molecule has 2 atom stereocenters. The first kappa shape index (κ1) is 15.1. The molecule has 1 saturated carbocycles. The number of nitrogens with one attached hydrogen (secondary N) is 1. The summed E-state index contributed by atoms with van der Waals surface area (Å²) in [5.74, 6) is 0.181. The molecule has 2 N–H and O–H groups in total. The van der Waals surface area contributed by atoms with Crippen molar-refractivity contribution in [1.82, 2.24) is 9.78 Å². The maximum Gasteiger partial charge on any atom is 0.231 e. The molecule has 3 rings (SSSR count). The lowest BCUT2D eigenvalue weighted by Crippen LogP contribution is -2.29. The summed E-state index contributed by atoms with van der Waals surface area (Å²) >= 11 is 5.88. The molecule has 0 radical (unpaired) electrons. The van der Waals surface area contributed by atoms with Gasteiger partial charge in [0.15, 0.2) is 0 Å². The fraction of sp³-hybridized carbons (Fsp3) is 0.375. The second-order valence-electron chi connectivity index (χ2n) is 5.59. The molecule has 1 aliphatic rings. The van der Waals surface area contributed by atoms with Crippen LogP contribution in [0.25, 0.3) is 0 Å². The maximum absolute atomic E-state index is 12.2. The normalized spacial score (nSPS) is 21.0. The molecule has 6 heteroatoms. The number of aliphatic hydroxyl groups excluding tert-OH is 1. The molecular weight excluding hydrogens is 302 g/mol. The summed E-state index contributed by atoms with van der Waals surface area (Å²) in [7, 11) is 0. The van der Waals surface area contributed by atoms with E-state index in [1.165, 1.54) is 0 Å². The summed E-state index contributed by atoms with van der Waals surface area (Å²) in [5.41, 5.74) is 1.05. The first-order valence-corrected chi connectivity index (χ1v) is 7.76. The number of rotatable bonds is 4. The Labute approximate surface area is 133 Å². The van der Waals surface area contributed by atoms with Crippen LogP contribution in [0.3, 0.4) is 0 Å². The van der Waals surface area contributed by atoms with Crippen LogP contribution >= 0.6 is 11.6 Å². The number of amides is 1. The Bertz CT molecular complexity index is 654. The van der Waals surface area contributed by atoms with E-state index in [4.69, 9.17) is 11.6 Å². The number of carbonyl (C=O) groups is 1. The van der Waals surface area contributed by atoms with E-state index in [9.17, 15) is 9.90 Å². The van der Waals surface area contributed by atoms with Crippen molar-refractivity contribution in [3.8, 4) is 0 Å². The molecule has 1 aromatic heterocycles. The summed E-state index contributed by atoms with van der Waals surface area (Å²) < 4.78 is 1.72. The minimum absolute atomic E-state index is 0.136. The zero-order chi connectivity index (χ0) is 15.5. The maximum atomic E-state index is 12.2. The van der Waals surface area contributed by atoms with Gasteiger partial charge in [0.25, 0.3) is 0 Å². The van der Waals surface area contributed by atoms with Crippen LogP contribution in [0.15, 0.2) is 36.5 Å². The van der Waals surface area contributed by atoms with Crippen LogP contribution in [0.4, 0.5) is 5.82 Å². The molecule has 116 valence electrons. The van der Waals surface area contributed by atoms with E-state index in [1.807, 2.05) is 24.3 Å². The molecule has 0 aliphatic heterocycles. The second-order valence-corrected chi connectivity index (χ2v) is 6.03. The monoisotopic (exact) mass is 319 g/mol. The van der Waals surface area contributed by atoms with E-state index >= 15 is 0 Å². The van der Waals surface area contributed by atoms with Crippen LogP contribution in [0.5, 0.6) is 0 Å². The number of halogens is 1. The predicted octanol–water partition coefficient (Wildman–Crippen LogP) is 2.68. The van der Waals surface area contributed by atoms with Crippen LogP contribution in [-0.4, -0.2) is 26.9 Å². The number of hydrogen-bond acceptors (Lipinski definition) is 3. The first-order chi connectivity index (χ1) is 10.6. The summed E-state index contributed by atoms with van der Waals surface area (Å²) in [4.78, 5) is 12.2. The average molecular weight is 320 g/mol. The zero-order valence-corrected chi connectivity index (χ0v) is 12.8. The lowest BCUT2D eigenvalue weighted by Gasteiger charge is -2.15. The SMILES string of the molecule is O=C(Nc1ccnn1Cc1ccc(Cl)cc1)C1CCCC1O. The zero-order valence-electron chi connectivity index (χ0n) is 12.1. The minimum Gasteiger partial charge on any atom is -0.392 e. The van der Waals surface area contributed by atoms with Gasteiger partial charge in [-0.25, -0.2) is 4.68 Å². The first-order valence-electron chi connectivity index (χ1n) is 7.38. The number of carbonyl (C=O) groups excluding carboxylic acids is 1. The third-order valence-corrected chi connectivity index (χ3v) is 4.28. The highest BCUT2D eigenvalue weighted by Gasteiger charge is 2.31. The molecule has 1 aliphatic carbocycles. The van der Waals surface area contributed by atoms with Gasteiger partial charge in [-0.2, -0.15) is 5.10 Å². The van der Waals surface area contributed by atoms with Crippen molar-refractivity contribution >= 4 is 23.3 Å². The molecule has 0 saturated heterocycles. The van der Waals surface area contributed by atoms with E-state index in [1.54, 1.807) is 16.9 Å². The molecule has 0 bridgehead atoms. The van der Waals surface area contributed by atoms with Crippen molar-refractivity contribution in [2.24, 2.45) is 5.92 Å². The van der Waals surface area contributed by atoms with Gasteiger partial charge in [0, 0.05) is 11.1 Å². The fourth-order valence-electron chi connectivity index (χ4n) is 2.79. The molecule has 22 heavy (non-hydrogen) atoms. The van der Waals surface area contributed by atoms with Gasteiger partial charge in [0.1, 0.15) is 5.82 Å². The Morgan fingerprint density at radius 1 is 1.32 bits per heavy atom. The van der Waals surface area contributed by atoms with Gasteiger partial charge in [-0.05, 0) is 37.0 Å². The van der Waals surface area contributed by atoms with Crippen molar-refractivity contribution in [3.05, 3.63) is 47.1 Å². The summed E-state index contributed by atoms with van der Waals surface area (Å²) in [6, 6.07) is 9.27. The quantitative estimate of drug-likeness (QED) is 0.910. The Morgan fingerprint density at radius 3 is 2.77 bits per heavy atom. The van der Waals surface area contributed by atoms with Crippen molar-refractivity contribution in [1.29, 1.82) is 0 Å². The molecule has 1 aromatic carbocycles. The smallest absolute Gasteiger partial charge is 0.231 e. The van der Waals surface area contributed by atoms with Gasteiger partial charge in [-0.1, -0.05) is 23.7 Å². The Balaban J connectivity index is 1.69. The highest BCUT2D eigenvalue weighted by Crippen LogP contribution is 2.26. The molecule has 5 nitrogen and oxygen atoms in total. The highest BCUT2D eigenvalue weighted by atomic mass is 35.5. The van der Waals surface area contributed by atoms with Gasteiger partial charge in [-0.3, -0.25) is 4.79 Å². The van der Waals surface area contributed by atoms with E-state index in [-0.39, 0.29) is 11.8 Å². The minimum atomic E-state index is -0.535. The van der Waals surface area contributed by atoms with Gasteiger partial charge in [0.05, 0.1) is 24.8 Å². The van der Waals surface area contributed by atoms with E-state index in [0.717, 1.165) is 18.4 Å². The molecule has 1 heterocycles. The van der Waals surface area contributed by atoms with E-state index in [2.05, 4.69) is 10.4 Å². The van der Waals surface area contributed by atoms with Gasteiger partial charge >= 0.3 is 0 Å². The van der Waals surface area contributed by atoms with Gasteiger partial charge in [-0.15, -0.1) is 0 Å². The third-order valence-electron chi connectivity index (χ3n) is 4.03. The van der Waals surface area contributed by atoms with E-state index in [0.29, 0.717) is 23.8 Å². The average Bonchev–Trinajstić information content (AvgIpc) is 3.11.